The maximum absolute atomic E-state index is 5.96. The highest BCUT2D eigenvalue weighted by Gasteiger charge is 2.24. The van der Waals surface area contributed by atoms with Crippen LogP contribution in [0.2, 0.25) is 0 Å². The number of imidazole rings is 1. The van der Waals surface area contributed by atoms with Crippen molar-refractivity contribution in [2.45, 2.75) is 25.3 Å². The Bertz CT molecular complexity index is 514. The van der Waals surface area contributed by atoms with Gasteiger partial charge in [0.25, 0.3) is 0 Å². The van der Waals surface area contributed by atoms with Crippen molar-refractivity contribution in [1.82, 2.24) is 9.55 Å². The van der Waals surface area contributed by atoms with Gasteiger partial charge in [-0.2, -0.15) is 0 Å². The second kappa shape index (κ2) is 3.23. The van der Waals surface area contributed by atoms with Crippen LogP contribution in [0.5, 0.6) is 0 Å². The molecule has 0 radical (unpaired) electrons. The van der Waals surface area contributed by atoms with Crippen LogP contribution >= 0.6 is 15.9 Å². The Morgan fingerprint density at radius 3 is 2.87 bits per heavy atom. The van der Waals surface area contributed by atoms with E-state index in [0.29, 0.717) is 12.0 Å². The topological polar surface area (TPSA) is 43.8 Å². The lowest BCUT2D eigenvalue weighted by Crippen LogP contribution is -2.18. The molecule has 0 saturated heterocycles. The minimum atomic E-state index is 0.550. The highest BCUT2D eigenvalue weighted by Crippen LogP contribution is 2.38. The van der Waals surface area contributed by atoms with Crippen LogP contribution in [0.3, 0.4) is 0 Å². The molecule has 3 rings (SSSR count). The van der Waals surface area contributed by atoms with E-state index in [4.69, 9.17) is 5.73 Å². The van der Waals surface area contributed by atoms with Crippen LogP contribution in [0, 0.1) is 0 Å². The van der Waals surface area contributed by atoms with E-state index in [9.17, 15) is 0 Å². The highest BCUT2D eigenvalue weighted by atomic mass is 79.9. The fourth-order valence-electron chi connectivity index (χ4n) is 2.14. The van der Waals surface area contributed by atoms with Crippen molar-refractivity contribution in [3.8, 4) is 0 Å². The Labute approximate surface area is 96.4 Å². The largest absolute Gasteiger partial charge is 0.369 e. The van der Waals surface area contributed by atoms with E-state index in [-0.39, 0.29) is 0 Å². The number of hydrogen-bond donors (Lipinski definition) is 1. The van der Waals surface area contributed by atoms with Gasteiger partial charge in [-0.25, -0.2) is 4.98 Å². The number of anilines is 1. The van der Waals surface area contributed by atoms with Crippen molar-refractivity contribution in [2.75, 3.05) is 5.73 Å². The van der Waals surface area contributed by atoms with Crippen molar-refractivity contribution in [3.05, 3.63) is 22.7 Å². The number of nitrogens with zero attached hydrogens (tertiary/aromatic N) is 2. The molecular weight excluding hydrogens is 254 g/mol. The fourth-order valence-corrected chi connectivity index (χ4v) is 2.69. The predicted molar refractivity (Wildman–Crippen MR) is 64.7 cm³/mol. The number of rotatable bonds is 1. The van der Waals surface area contributed by atoms with Crippen LogP contribution in [0.15, 0.2) is 22.7 Å². The van der Waals surface area contributed by atoms with Crippen molar-refractivity contribution in [2.24, 2.45) is 0 Å². The number of halogens is 1. The molecule has 0 aliphatic heterocycles. The number of para-hydroxylation sites is 1. The molecule has 1 heterocycles. The zero-order valence-corrected chi connectivity index (χ0v) is 9.87. The Kier molecular flexibility index (Phi) is 1.99. The van der Waals surface area contributed by atoms with Gasteiger partial charge < -0.3 is 10.3 Å². The van der Waals surface area contributed by atoms with Gasteiger partial charge in [-0.3, -0.25) is 0 Å². The molecule has 0 unspecified atom stereocenters. The summed E-state index contributed by atoms with van der Waals surface area (Å²) in [6.07, 6.45) is 3.74. The minimum Gasteiger partial charge on any atom is -0.369 e. The Hall–Kier alpha value is -1.03. The molecule has 15 heavy (non-hydrogen) atoms. The maximum atomic E-state index is 5.96. The van der Waals surface area contributed by atoms with Gasteiger partial charge in [0.2, 0.25) is 5.95 Å². The summed E-state index contributed by atoms with van der Waals surface area (Å²) in [5.41, 5.74) is 8.08. The molecule has 4 heteroatoms. The quantitative estimate of drug-likeness (QED) is 0.861. The van der Waals surface area contributed by atoms with Gasteiger partial charge in [-0.05, 0) is 47.3 Å². The van der Waals surface area contributed by atoms with Crippen LogP contribution in [0.25, 0.3) is 11.0 Å². The first-order valence-electron chi connectivity index (χ1n) is 5.19. The van der Waals surface area contributed by atoms with Gasteiger partial charge in [0, 0.05) is 10.5 Å². The predicted octanol–water partition coefficient (Wildman–Crippen LogP) is 3.11. The summed E-state index contributed by atoms with van der Waals surface area (Å²) in [5.74, 6) is 0.640. The molecule has 0 atom stereocenters. The smallest absolute Gasteiger partial charge is 0.201 e. The van der Waals surface area contributed by atoms with E-state index in [1.54, 1.807) is 0 Å². The molecule has 0 bridgehead atoms. The number of aromatic nitrogens is 2. The minimum absolute atomic E-state index is 0.550. The SMILES string of the molecule is Nc1nc2cccc(Br)c2n1C1CCC1. The molecule has 1 aliphatic rings. The van der Waals surface area contributed by atoms with Crippen molar-refractivity contribution in [3.63, 3.8) is 0 Å². The van der Waals surface area contributed by atoms with E-state index >= 15 is 0 Å². The van der Waals surface area contributed by atoms with E-state index in [1.165, 1.54) is 19.3 Å². The molecule has 1 saturated carbocycles. The zero-order chi connectivity index (χ0) is 10.4. The van der Waals surface area contributed by atoms with Gasteiger partial charge >= 0.3 is 0 Å². The molecule has 0 spiro atoms. The molecule has 2 aromatic rings. The molecule has 1 fully saturated rings. The zero-order valence-electron chi connectivity index (χ0n) is 8.28. The first-order chi connectivity index (χ1) is 7.27. The van der Waals surface area contributed by atoms with Gasteiger partial charge in [-0.15, -0.1) is 0 Å². The normalized spacial score (nSPS) is 16.9. The molecular formula is C11H12BrN3. The number of nitrogens with two attached hydrogens (primary N) is 1. The summed E-state index contributed by atoms with van der Waals surface area (Å²) in [6.45, 7) is 0. The van der Waals surface area contributed by atoms with Gasteiger partial charge in [-0.1, -0.05) is 6.07 Å². The van der Waals surface area contributed by atoms with E-state index < -0.39 is 0 Å². The van der Waals surface area contributed by atoms with Crippen molar-refractivity contribution in [1.29, 1.82) is 0 Å². The molecule has 1 aromatic carbocycles. The molecule has 2 N–H and O–H groups in total. The van der Waals surface area contributed by atoms with Crippen LogP contribution in [-0.2, 0) is 0 Å². The highest BCUT2D eigenvalue weighted by molar-refractivity contribution is 9.10. The summed E-state index contributed by atoms with van der Waals surface area (Å²) in [4.78, 5) is 4.39. The lowest BCUT2D eigenvalue weighted by atomic mass is 9.93. The first kappa shape index (κ1) is 9.21. The lowest BCUT2D eigenvalue weighted by molar-refractivity contribution is 0.324. The Balaban J connectivity index is 2.30. The number of nitrogen functional groups attached to an aromatic ring is 1. The van der Waals surface area contributed by atoms with Crippen LogP contribution < -0.4 is 5.73 Å². The van der Waals surface area contributed by atoms with Crippen molar-refractivity contribution >= 4 is 32.9 Å². The fraction of sp³-hybridized carbons (Fsp3) is 0.364. The Morgan fingerprint density at radius 1 is 1.40 bits per heavy atom. The van der Waals surface area contributed by atoms with Crippen molar-refractivity contribution < 1.29 is 0 Å². The first-order valence-corrected chi connectivity index (χ1v) is 5.98. The van der Waals surface area contributed by atoms with Crippen LogP contribution in [-0.4, -0.2) is 9.55 Å². The number of benzene rings is 1. The van der Waals surface area contributed by atoms with Crippen LogP contribution in [0.4, 0.5) is 5.95 Å². The summed E-state index contributed by atoms with van der Waals surface area (Å²) in [7, 11) is 0. The van der Waals surface area contributed by atoms with Crippen LogP contribution in [0.1, 0.15) is 25.3 Å². The second-order valence-electron chi connectivity index (χ2n) is 4.03. The number of hydrogen-bond acceptors (Lipinski definition) is 2. The molecule has 0 amide bonds. The second-order valence-corrected chi connectivity index (χ2v) is 4.89. The molecule has 1 aliphatic carbocycles. The summed E-state index contributed by atoms with van der Waals surface area (Å²) < 4.78 is 3.25. The Morgan fingerprint density at radius 2 is 2.20 bits per heavy atom. The summed E-state index contributed by atoms with van der Waals surface area (Å²) >= 11 is 3.57. The summed E-state index contributed by atoms with van der Waals surface area (Å²) in [6, 6.07) is 6.59. The number of fused-ring (bicyclic) bond motifs is 1. The average Bonchev–Trinajstić information content (AvgIpc) is 2.42. The third-order valence-corrected chi connectivity index (χ3v) is 3.77. The van der Waals surface area contributed by atoms with Gasteiger partial charge in [0.05, 0.1) is 11.0 Å². The maximum Gasteiger partial charge on any atom is 0.201 e. The van der Waals surface area contributed by atoms with Gasteiger partial charge in [0.1, 0.15) is 0 Å². The monoisotopic (exact) mass is 265 g/mol. The summed E-state index contributed by atoms with van der Waals surface area (Å²) in [5, 5.41) is 0. The standard InChI is InChI=1S/C11H12BrN3/c12-8-5-2-6-9-10(8)15(11(13)14-9)7-3-1-4-7/h2,5-7H,1,3-4H2,(H2,13,14). The average molecular weight is 266 g/mol. The molecule has 3 nitrogen and oxygen atoms in total. The third-order valence-electron chi connectivity index (χ3n) is 3.13. The van der Waals surface area contributed by atoms with E-state index in [1.807, 2.05) is 18.2 Å². The van der Waals surface area contributed by atoms with E-state index in [2.05, 4.69) is 25.5 Å². The van der Waals surface area contributed by atoms with Gasteiger partial charge in [0.15, 0.2) is 0 Å². The third kappa shape index (κ3) is 1.28. The molecule has 78 valence electrons. The molecule has 1 aromatic heterocycles. The van der Waals surface area contributed by atoms with E-state index in [0.717, 1.165) is 15.5 Å². The lowest BCUT2D eigenvalue weighted by Gasteiger charge is -2.28.